The minimum atomic E-state index is -0.832. The zero-order valence-corrected chi connectivity index (χ0v) is 14.9. The van der Waals surface area contributed by atoms with E-state index in [0.29, 0.717) is 6.54 Å². The molecule has 6 heteroatoms. The van der Waals surface area contributed by atoms with E-state index in [1.807, 2.05) is 12.1 Å². The summed E-state index contributed by atoms with van der Waals surface area (Å²) in [5.74, 6) is -0.519. The van der Waals surface area contributed by atoms with Crippen LogP contribution in [-0.2, 0) is 27.2 Å². The maximum absolute atomic E-state index is 12.0. The average Bonchev–Trinajstić information content (AvgIpc) is 3.04. The topological polar surface area (TPSA) is 70.4 Å². The van der Waals surface area contributed by atoms with Crippen molar-refractivity contribution in [1.29, 1.82) is 5.26 Å². The second-order valence-electron chi connectivity index (χ2n) is 5.87. The van der Waals surface area contributed by atoms with Gasteiger partial charge in [-0.05, 0) is 49.4 Å². The van der Waals surface area contributed by atoms with Crippen molar-refractivity contribution in [3.8, 4) is 6.07 Å². The lowest BCUT2D eigenvalue weighted by Crippen LogP contribution is -2.38. The summed E-state index contributed by atoms with van der Waals surface area (Å²) in [4.78, 5) is 26.4. The van der Waals surface area contributed by atoms with Gasteiger partial charge in [-0.1, -0.05) is 6.07 Å². The molecular formula is C18H22N2O3S. The van der Waals surface area contributed by atoms with Crippen molar-refractivity contribution < 1.29 is 14.3 Å². The minimum Gasteiger partial charge on any atom is -0.452 e. The summed E-state index contributed by atoms with van der Waals surface area (Å²) in [6, 6.07) is 8.29. The third-order valence-corrected chi connectivity index (χ3v) is 4.99. The molecule has 0 saturated heterocycles. The molecule has 1 aromatic rings. The van der Waals surface area contributed by atoms with Gasteiger partial charge in [0.15, 0.2) is 6.10 Å². The number of carbonyl (C=O) groups excluding carboxylic acids is 2. The van der Waals surface area contributed by atoms with Gasteiger partial charge in [-0.2, -0.15) is 5.26 Å². The molecule has 128 valence electrons. The van der Waals surface area contributed by atoms with Crippen molar-refractivity contribution in [2.75, 3.05) is 19.3 Å². The Balaban J connectivity index is 1.78. The fourth-order valence-electron chi connectivity index (χ4n) is 2.70. The van der Waals surface area contributed by atoms with Gasteiger partial charge in [-0.15, -0.1) is 11.8 Å². The van der Waals surface area contributed by atoms with Gasteiger partial charge < -0.3 is 9.64 Å². The SMILES string of the molecule is C[C@H](OC(=O)CSc1ccc2c(c1)CCC2)C(=O)N(C)CCC#N. The van der Waals surface area contributed by atoms with Crippen molar-refractivity contribution in [1.82, 2.24) is 4.90 Å². The molecule has 0 N–H and O–H groups in total. The van der Waals surface area contributed by atoms with Crippen molar-refractivity contribution in [2.24, 2.45) is 0 Å². The van der Waals surface area contributed by atoms with Crippen molar-refractivity contribution in [3.63, 3.8) is 0 Å². The zero-order valence-electron chi connectivity index (χ0n) is 14.1. The quantitative estimate of drug-likeness (QED) is 0.560. The predicted octanol–water partition coefficient (Wildman–Crippen LogP) is 2.57. The normalized spacial score (nSPS) is 13.7. The van der Waals surface area contributed by atoms with Crippen LogP contribution >= 0.6 is 11.8 Å². The Morgan fingerprint density at radius 3 is 2.88 bits per heavy atom. The Labute approximate surface area is 147 Å². The van der Waals surface area contributed by atoms with Crippen molar-refractivity contribution in [3.05, 3.63) is 29.3 Å². The molecule has 5 nitrogen and oxygen atoms in total. The lowest BCUT2D eigenvalue weighted by molar-refractivity contribution is -0.156. The third kappa shape index (κ3) is 5.00. The van der Waals surface area contributed by atoms with Crippen LogP contribution in [0.5, 0.6) is 0 Å². The summed E-state index contributed by atoms with van der Waals surface area (Å²) < 4.78 is 5.19. The number of carbonyl (C=O) groups is 2. The Kier molecular flexibility index (Phi) is 6.68. The lowest BCUT2D eigenvalue weighted by Gasteiger charge is -2.20. The molecule has 1 atom stereocenters. The fourth-order valence-corrected chi connectivity index (χ4v) is 3.44. The number of thioether (sulfide) groups is 1. The molecule has 0 radical (unpaired) electrons. The molecule has 1 aromatic carbocycles. The van der Waals surface area contributed by atoms with Gasteiger partial charge in [0.25, 0.3) is 5.91 Å². The van der Waals surface area contributed by atoms with E-state index in [4.69, 9.17) is 10.00 Å². The molecule has 0 saturated carbocycles. The van der Waals surface area contributed by atoms with Gasteiger partial charge in [0.05, 0.1) is 18.2 Å². The summed E-state index contributed by atoms with van der Waals surface area (Å²) in [6.45, 7) is 1.89. The highest BCUT2D eigenvalue weighted by Crippen LogP contribution is 2.27. The fraction of sp³-hybridized carbons (Fsp3) is 0.500. The van der Waals surface area contributed by atoms with E-state index < -0.39 is 12.1 Å². The molecule has 1 aliphatic rings. The van der Waals surface area contributed by atoms with E-state index in [2.05, 4.69) is 12.1 Å². The minimum absolute atomic E-state index is 0.179. The third-order valence-electron chi connectivity index (χ3n) is 4.02. The molecule has 0 aromatic heterocycles. The molecule has 0 heterocycles. The predicted molar refractivity (Wildman–Crippen MR) is 92.6 cm³/mol. The highest BCUT2D eigenvalue weighted by Gasteiger charge is 2.21. The Bertz CT molecular complexity index is 654. The molecule has 0 fully saturated rings. The molecular weight excluding hydrogens is 324 g/mol. The van der Waals surface area contributed by atoms with Crippen LogP contribution in [-0.4, -0.2) is 42.2 Å². The largest absolute Gasteiger partial charge is 0.452 e. The second kappa shape index (κ2) is 8.74. The van der Waals surface area contributed by atoms with E-state index in [-0.39, 0.29) is 18.1 Å². The first-order chi connectivity index (χ1) is 11.5. The number of amides is 1. The Morgan fingerprint density at radius 2 is 2.12 bits per heavy atom. The number of nitriles is 1. The first kappa shape index (κ1) is 18.3. The summed E-state index contributed by atoms with van der Waals surface area (Å²) in [5.41, 5.74) is 2.78. The van der Waals surface area contributed by atoms with Crippen LogP contribution < -0.4 is 0 Å². The van der Waals surface area contributed by atoms with Crippen LogP contribution in [0.3, 0.4) is 0 Å². The maximum Gasteiger partial charge on any atom is 0.317 e. The number of nitrogens with zero attached hydrogens (tertiary/aromatic N) is 2. The van der Waals surface area contributed by atoms with Crippen LogP contribution in [0.1, 0.15) is 30.9 Å². The summed E-state index contributed by atoms with van der Waals surface area (Å²) in [6.07, 6.45) is 2.87. The van der Waals surface area contributed by atoms with Crippen LogP contribution in [0.4, 0.5) is 0 Å². The number of aryl methyl sites for hydroxylation is 2. The molecule has 1 amide bonds. The van der Waals surface area contributed by atoms with E-state index in [1.165, 1.54) is 34.2 Å². The van der Waals surface area contributed by atoms with Gasteiger partial charge in [0.1, 0.15) is 0 Å². The van der Waals surface area contributed by atoms with Crippen LogP contribution in [0.15, 0.2) is 23.1 Å². The standard InChI is InChI=1S/C18H22N2O3S/c1-13(18(22)20(2)10-4-9-19)23-17(21)12-24-16-8-7-14-5-3-6-15(14)11-16/h7-8,11,13H,3-6,10,12H2,1-2H3/t13-/m0/s1. The van der Waals surface area contributed by atoms with Gasteiger partial charge in [0.2, 0.25) is 0 Å². The van der Waals surface area contributed by atoms with Crippen LogP contribution in [0, 0.1) is 11.3 Å². The summed E-state index contributed by atoms with van der Waals surface area (Å²) in [5, 5.41) is 8.54. The van der Waals surface area contributed by atoms with Gasteiger partial charge in [-0.25, -0.2) is 0 Å². The number of esters is 1. The second-order valence-corrected chi connectivity index (χ2v) is 6.92. The number of rotatable bonds is 7. The summed E-state index contributed by atoms with van der Waals surface area (Å²) in [7, 11) is 1.60. The number of likely N-dealkylation sites (N-methyl/N-ethyl adjacent to an activating group) is 1. The van der Waals surface area contributed by atoms with Gasteiger partial charge in [0, 0.05) is 18.5 Å². The Hall–Kier alpha value is -2.00. The molecule has 1 aliphatic carbocycles. The van der Waals surface area contributed by atoms with E-state index in [0.717, 1.165) is 17.7 Å². The highest BCUT2D eigenvalue weighted by molar-refractivity contribution is 8.00. The average molecular weight is 346 g/mol. The smallest absolute Gasteiger partial charge is 0.317 e. The number of ether oxygens (including phenoxy) is 1. The zero-order chi connectivity index (χ0) is 17.5. The maximum atomic E-state index is 12.0. The van der Waals surface area contributed by atoms with Crippen LogP contribution in [0.2, 0.25) is 0 Å². The molecule has 2 rings (SSSR count). The summed E-state index contributed by atoms with van der Waals surface area (Å²) >= 11 is 1.43. The monoisotopic (exact) mass is 346 g/mol. The first-order valence-corrected chi connectivity index (χ1v) is 9.06. The molecule has 0 bridgehead atoms. The molecule has 0 spiro atoms. The van der Waals surface area contributed by atoms with Gasteiger partial charge in [-0.3, -0.25) is 9.59 Å². The van der Waals surface area contributed by atoms with Crippen molar-refractivity contribution in [2.45, 2.75) is 43.6 Å². The number of fused-ring (bicyclic) bond motifs is 1. The van der Waals surface area contributed by atoms with E-state index >= 15 is 0 Å². The first-order valence-electron chi connectivity index (χ1n) is 8.07. The molecule has 0 aliphatic heterocycles. The number of benzene rings is 1. The molecule has 0 unspecified atom stereocenters. The van der Waals surface area contributed by atoms with Crippen LogP contribution in [0.25, 0.3) is 0 Å². The van der Waals surface area contributed by atoms with Crippen molar-refractivity contribution >= 4 is 23.6 Å². The number of hydrogen-bond acceptors (Lipinski definition) is 5. The lowest BCUT2D eigenvalue weighted by atomic mass is 10.1. The van der Waals surface area contributed by atoms with E-state index in [1.54, 1.807) is 14.0 Å². The number of hydrogen-bond donors (Lipinski definition) is 0. The Morgan fingerprint density at radius 1 is 1.38 bits per heavy atom. The highest BCUT2D eigenvalue weighted by atomic mass is 32.2. The van der Waals surface area contributed by atoms with Gasteiger partial charge >= 0.3 is 5.97 Å². The molecule has 24 heavy (non-hydrogen) atoms. The van der Waals surface area contributed by atoms with E-state index in [9.17, 15) is 9.59 Å².